The zero-order chi connectivity index (χ0) is 24.2. The summed E-state index contributed by atoms with van der Waals surface area (Å²) < 4.78 is 55.3. The van der Waals surface area contributed by atoms with Crippen molar-refractivity contribution in [1.29, 1.82) is 0 Å². The van der Waals surface area contributed by atoms with Crippen LogP contribution in [0.25, 0.3) is 0 Å². The fourth-order valence-corrected chi connectivity index (χ4v) is 6.58. The molecule has 9 nitrogen and oxygen atoms in total. The number of nitrogens with zero attached hydrogens (tertiary/aromatic N) is 2. The van der Waals surface area contributed by atoms with Gasteiger partial charge in [0, 0.05) is 19.6 Å². The minimum absolute atomic E-state index is 0.00100. The van der Waals surface area contributed by atoms with Gasteiger partial charge in [0.15, 0.2) is 16.4 Å². The standard InChI is InChI=1S/C22H26N2O7S2/c1-3-24(19-13-14-32(27,28)16-19)21(25)15-31-22(26)17-9-11-20(12-10-17)33(29,30)23(2)18-7-5-4-6-8-18/h4-12,19H,3,13-16H2,1-2H3. The van der Waals surface area contributed by atoms with Crippen LogP contribution in [0.5, 0.6) is 0 Å². The van der Waals surface area contributed by atoms with E-state index in [2.05, 4.69) is 0 Å². The van der Waals surface area contributed by atoms with E-state index in [0.29, 0.717) is 18.7 Å². The van der Waals surface area contributed by atoms with Crippen molar-refractivity contribution in [1.82, 2.24) is 4.90 Å². The summed E-state index contributed by atoms with van der Waals surface area (Å²) in [5.41, 5.74) is 0.589. The lowest BCUT2D eigenvalue weighted by Crippen LogP contribution is -2.43. The van der Waals surface area contributed by atoms with Crippen LogP contribution in [-0.4, -0.2) is 71.4 Å². The fraction of sp³-hybridized carbons (Fsp3) is 0.364. The SMILES string of the molecule is CCN(C(=O)COC(=O)c1ccc(S(=O)(=O)N(C)c2ccccc2)cc1)C1CCS(=O)(=O)C1. The molecule has 33 heavy (non-hydrogen) atoms. The Labute approximate surface area is 193 Å². The molecule has 1 atom stereocenters. The molecular formula is C22H26N2O7S2. The Morgan fingerprint density at radius 2 is 1.70 bits per heavy atom. The Hall–Kier alpha value is -2.92. The molecule has 2 aromatic carbocycles. The Bertz CT molecular complexity index is 1210. The molecule has 1 aliphatic rings. The van der Waals surface area contributed by atoms with Crippen LogP contribution in [0, 0.1) is 0 Å². The minimum atomic E-state index is -3.82. The highest BCUT2D eigenvalue weighted by molar-refractivity contribution is 7.92. The van der Waals surface area contributed by atoms with Crippen LogP contribution in [0.3, 0.4) is 0 Å². The second-order valence-electron chi connectivity index (χ2n) is 7.65. The van der Waals surface area contributed by atoms with E-state index < -0.39 is 44.4 Å². The largest absolute Gasteiger partial charge is 0.452 e. The highest BCUT2D eigenvalue weighted by Crippen LogP contribution is 2.22. The number of esters is 1. The van der Waals surface area contributed by atoms with Gasteiger partial charge in [0.1, 0.15) is 0 Å². The molecule has 11 heteroatoms. The second-order valence-corrected chi connectivity index (χ2v) is 11.8. The number of anilines is 1. The van der Waals surface area contributed by atoms with Gasteiger partial charge in [-0.3, -0.25) is 9.10 Å². The van der Waals surface area contributed by atoms with Gasteiger partial charge in [0.25, 0.3) is 15.9 Å². The van der Waals surface area contributed by atoms with Gasteiger partial charge >= 0.3 is 5.97 Å². The molecule has 3 rings (SSSR count). The second kappa shape index (κ2) is 9.92. The topological polar surface area (TPSA) is 118 Å². The summed E-state index contributed by atoms with van der Waals surface area (Å²) in [4.78, 5) is 26.2. The van der Waals surface area contributed by atoms with Crippen LogP contribution in [0.1, 0.15) is 23.7 Å². The van der Waals surface area contributed by atoms with Crippen molar-refractivity contribution >= 4 is 37.4 Å². The van der Waals surface area contributed by atoms with Crippen molar-refractivity contribution in [3.05, 3.63) is 60.2 Å². The van der Waals surface area contributed by atoms with Gasteiger partial charge in [-0.1, -0.05) is 18.2 Å². The van der Waals surface area contributed by atoms with Gasteiger partial charge in [-0.05, 0) is 49.7 Å². The van der Waals surface area contributed by atoms with Crippen LogP contribution in [0.15, 0.2) is 59.5 Å². The maximum Gasteiger partial charge on any atom is 0.338 e. The number of amides is 1. The quantitative estimate of drug-likeness (QED) is 0.513. The summed E-state index contributed by atoms with van der Waals surface area (Å²) in [5, 5.41) is 0. The fourth-order valence-electron chi connectivity index (χ4n) is 3.65. The molecular weight excluding hydrogens is 468 g/mol. The van der Waals surface area contributed by atoms with Gasteiger partial charge in [0.2, 0.25) is 0 Å². The van der Waals surface area contributed by atoms with Gasteiger partial charge in [-0.15, -0.1) is 0 Å². The molecule has 1 fully saturated rings. The van der Waals surface area contributed by atoms with Gasteiger partial charge in [-0.2, -0.15) is 0 Å². The van der Waals surface area contributed by atoms with E-state index in [9.17, 15) is 26.4 Å². The smallest absolute Gasteiger partial charge is 0.338 e. The van der Waals surface area contributed by atoms with Crippen molar-refractivity contribution in [2.24, 2.45) is 0 Å². The average Bonchev–Trinajstić information content (AvgIpc) is 3.17. The molecule has 1 heterocycles. The molecule has 1 saturated heterocycles. The predicted molar refractivity (Wildman–Crippen MR) is 123 cm³/mol. The molecule has 1 amide bonds. The Morgan fingerprint density at radius 1 is 1.06 bits per heavy atom. The number of sulfone groups is 1. The molecule has 0 spiro atoms. The number of carbonyl (C=O) groups excluding carboxylic acids is 2. The number of hydrogen-bond donors (Lipinski definition) is 0. The molecule has 0 bridgehead atoms. The Balaban J connectivity index is 1.63. The zero-order valence-corrected chi connectivity index (χ0v) is 20.0. The number of likely N-dealkylation sites (N-methyl/N-ethyl adjacent to an activating group) is 1. The number of hydrogen-bond acceptors (Lipinski definition) is 7. The number of para-hydroxylation sites is 1. The van der Waals surface area contributed by atoms with Gasteiger partial charge < -0.3 is 9.64 Å². The molecule has 0 saturated carbocycles. The molecule has 2 aromatic rings. The van der Waals surface area contributed by atoms with Crippen LogP contribution in [0.2, 0.25) is 0 Å². The first-order chi connectivity index (χ1) is 15.5. The van der Waals surface area contributed by atoms with Crippen molar-refractivity contribution in [2.45, 2.75) is 24.3 Å². The summed E-state index contributed by atoms with van der Waals surface area (Å²) in [6.45, 7) is 1.51. The van der Waals surface area contributed by atoms with Crippen LogP contribution in [-0.2, 0) is 29.4 Å². The van der Waals surface area contributed by atoms with E-state index in [1.165, 1.54) is 36.2 Å². The number of sulfonamides is 1. The van der Waals surface area contributed by atoms with E-state index in [0.717, 1.165) is 4.31 Å². The zero-order valence-electron chi connectivity index (χ0n) is 18.4. The molecule has 178 valence electrons. The summed E-state index contributed by atoms with van der Waals surface area (Å²) in [6, 6.07) is 13.4. The molecule has 0 N–H and O–H groups in total. The first kappa shape index (κ1) is 24.7. The number of rotatable bonds is 8. The first-order valence-corrected chi connectivity index (χ1v) is 13.6. The van der Waals surface area contributed by atoms with Crippen molar-refractivity contribution < 1.29 is 31.2 Å². The lowest BCUT2D eigenvalue weighted by molar-refractivity contribution is -0.136. The predicted octanol–water partition coefficient (Wildman–Crippen LogP) is 1.70. The molecule has 0 aromatic heterocycles. The lowest BCUT2D eigenvalue weighted by Gasteiger charge is -2.26. The number of carbonyl (C=O) groups is 2. The van der Waals surface area contributed by atoms with E-state index in [1.54, 1.807) is 37.3 Å². The number of ether oxygens (including phenoxy) is 1. The van der Waals surface area contributed by atoms with Crippen LogP contribution < -0.4 is 4.31 Å². The van der Waals surface area contributed by atoms with E-state index in [-0.39, 0.29) is 22.0 Å². The maximum absolute atomic E-state index is 12.8. The third kappa shape index (κ3) is 5.72. The van der Waals surface area contributed by atoms with Crippen molar-refractivity contribution in [3.8, 4) is 0 Å². The summed E-state index contributed by atoms with van der Waals surface area (Å²) >= 11 is 0. The molecule has 1 aliphatic heterocycles. The Kier molecular flexibility index (Phi) is 7.43. The highest BCUT2D eigenvalue weighted by atomic mass is 32.2. The van der Waals surface area contributed by atoms with E-state index in [4.69, 9.17) is 4.74 Å². The lowest BCUT2D eigenvalue weighted by atomic mass is 10.2. The molecule has 0 radical (unpaired) electrons. The highest BCUT2D eigenvalue weighted by Gasteiger charge is 2.34. The van der Waals surface area contributed by atoms with Crippen LogP contribution >= 0.6 is 0 Å². The monoisotopic (exact) mass is 494 g/mol. The van der Waals surface area contributed by atoms with Gasteiger partial charge in [-0.25, -0.2) is 21.6 Å². The van der Waals surface area contributed by atoms with Gasteiger partial charge in [0.05, 0.1) is 27.7 Å². The molecule has 1 unspecified atom stereocenters. The van der Waals surface area contributed by atoms with Crippen LogP contribution in [0.4, 0.5) is 5.69 Å². The third-order valence-electron chi connectivity index (χ3n) is 5.51. The summed E-state index contributed by atoms with van der Waals surface area (Å²) in [7, 11) is -5.54. The summed E-state index contributed by atoms with van der Waals surface area (Å²) in [5.74, 6) is -1.31. The third-order valence-corrected chi connectivity index (χ3v) is 9.06. The normalized spacial score (nSPS) is 17.3. The number of benzene rings is 2. The maximum atomic E-state index is 12.8. The average molecular weight is 495 g/mol. The molecule has 0 aliphatic carbocycles. The first-order valence-electron chi connectivity index (χ1n) is 10.4. The van der Waals surface area contributed by atoms with E-state index in [1.807, 2.05) is 0 Å². The van der Waals surface area contributed by atoms with Crippen molar-refractivity contribution in [3.63, 3.8) is 0 Å². The minimum Gasteiger partial charge on any atom is -0.452 e. The summed E-state index contributed by atoms with van der Waals surface area (Å²) in [6.07, 6.45) is 0.364. The van der Waals surface area contributed by atoms with E-state index >= 15 is 0 Å². The van der Waals surface area contributed by atoms with Crippen molar-refractivity contribution in [2.75, 3.05) is 36.0 Å². The Morgan fingerprint density at radius 3 is 2.24 bits per heavy atom.